The van der Waals surface area contributed by atoms with Gasteiger partial charge in [0.05, 0.1) is 33.0 Å². The molecule has 36 heavy (non-hydrogen) atoms. The highest BCUT2D eigenvalue weighted by molar-refractivity contribution is 5.83. The highest BCUT2D eigenvalue weighted by Crippen LogP contribution is 2.39. The van der Waals surface area contributed by atoms with E-state index in [2.05, 4.69) is 5.32 Å². The van der Waals surface area contributed by atoms with Gasteiger partial charge in [-0.05, 0) is 86.4 Å². The van der Waals surface area contributed by atoms with Gasteiger partial charge >= 0.3 is 5.97 Å². The van der Waals surface area contributed by atoms with E-state index in [9.17, 15) is 9.90 Å². The van der Waals surface area contributed by atoms with Gasteiger partial charge in [0.25, 0.3) is 0 Å². The average Bonchev–Trinajstić information content (AvgIpc) is 3.42. The first-order valence-corrected chi connectivity index (χ1v) is 12.9. The minimum atomic E-state index is -1.00. The molecule has 0 bridgehead atoms. The summed E-state index contributed by atoms with van der Waals surface area (Å²) in [6.07, 6.45) is 7.43. The molecule has 2 saturated carbocycles. The first-order valence-electron chi connectivity index (χ1n) is 12.9. The highest BCUT2D eigenvalue weighted by atomic mass is 16.5. The van der Waals surface area contributed by atoms with Gasteiger partial charge in [-0.3, -0.25) is 0 Å². The normalized spacial score (nSPS) is 22.4. The van der Waals surface area contributed by atoms with Crippen molar-refractivity contribution in [1.82, 2.24) is 0 Å². The fourth-order valence-corrected chi connectivity index (χ4v) is 5.57. The Morgan fingerprint density at radius 1 is 0.972 bits per heavy atom. The van der Waals surface area contributed by atoms with E-state index in [1.165, 1.54) is 12.8 Å². The molecule has 0 spiro atoms. The van der Waals surface area contributed by atoms with Crippen molar-refractivity contribution in [2.24, 2.45) is 0 Å². The summed E-state index contributed by atoms with van der Waals surface area (Å²) in [6.45, 7) is 2.43. The van der Waals surface area contributed by atoms with E-state index in [4.69, 9.17) is 18.9 Å². The quantitative estimate of drug-likeness (QED) is 0.419. The third kappa shape index (κ3) is 5.62. The lowest BCUT2D eigenvalue weighted by Crippen LogP contribution is -2.50. The van der Waals surface area contributed by atoms with Crippen LogP contribution < -0.4 is 14.8 Å². The van der Waals surface area contributed by atoms with Crippen LogP contribution in [-0.4, -0.2) is 50.2 Å². The van der Waals surface area contributed by atoms with Crippen molar-refractivity contribution in [3.8, 4) is 22.6 Å². The summed E-state index contributed by atoms with van der Waals surface area (Å²) < 4.78 is 23.0. The third-order valence-electron chi connectivity index (χ3n) is 7.86. The molecular formula is C29H39NO6. The van der Waals surface area contributed by atoms with Crippen molar-refractivity contribution in [3.63, 3.8) is 0 Å². The minimum Gasteiger partial charge on any atom is -0.496 e. The summed E-state index contributed by atoms with van der Waals surface area (Å²) in [5.41, 5.74) is 3.72. The third-order valence-corrected chi connectivity index (χ3v) is 7.86. The van der Waals surface area contributed by atoms with Crippen LogP contribution in [0.5, 0.6) is 11.5 Å². The smallest absolute Gasteiger partial charge is 0.329 e. The van der Waals surface area contributed by atoms with E-state index < -0.39 is 11.5 Å². The Hall–Kier alpha value is -2.77. The van der Waals surface area contributed by atoms with Crippen LogP contribution in [-0.2, 0) is 20.9 Å². The van der Waals surface area contributed by atoms with Crippen LogP contribution in [0.2, 0.25) is 0 Å². The molecule has 0 radical (unpaired) electrons. The molecule has 0 amide bonds. The number of ether oxygens (including phenoxy) is 4. The van der Waals surface area contributed by atoms with Crippen molar-refractivity contribution in [2.45, 2.75) is 82.6 Å². The molecular weight excluding hydrogens is 458 g/mol. The lowest BCUT2D eigenvalue weighted by atomic mass is 9.80. The number of nitrogens with one attached hydrogen (secondary N) is 1. The number of hydrogen-bond donors (Lipinski definition) is 2. The van der Waals surface area contributed by atoms with E-state index in [0.717, 1.165) is 52.3 Å². The lowest BCUT2D eigenvalue weighted by Gasteiger charge is -2.37. The number of hydrogen-bond acceptors (Lipinski definition) is 6. The van der Waals surface area contributed by atoms with E-state index in [1.54, 1.807) is 21.3 Å². The van der Waals surface area contributed by atoms with Gasteiger partial charge in [-0.1, -0.05) is 18.9 Å². The molecule has 2 N–H and O–H groups in total. The number of methoxy groups -OCH3 is 3. The van der Waals surface area contributed by atoms with E-state index in [-0.39, 0.29) is 12.2 Å². The molecule has 2 aromatic rings. The SMILES string of the molecule is COc1cc(-c2ccc(NC3(C(=O)O)CCC(OC)CC3)cc2COC2CCCC2)cc(OC)c1C. The van der Waals surface area contributed by atoms with Crippen molar-refractivity contribution >= 4 is 11.7 Å². The highest BCUT2D eigenvalue weighted by Gasteiger charge is 2.42. The van der Waals surface area contributed by atoms with Crippen molar-refractivity contribution in [1.29, 1.82) is 0 Å². The number of carboxylic acid groups (broad SMARTS) is 1. The Balaban J connectivity index is 1.68. The molecule has 196 valence electrons. The van der Waals surface area contributed by atoms with E-state index >= 15 is 0 Å². The standard InChI is InChI=1S/C29H39NO6/c1-19-26(34-3)16-20(17-27(19)35-4)25-10-9-22(15-21(25)18-36-24-7-5-6-8-24)30-29(28(31)32)13-11-23(33-2)12-14-29/h9-10,15-17,23-24,30H,5-8,11-14,18H2,1-4H3,(H,31,32). The molecule has 2 fully saturated rings. The van der Waals surface area contributed by atoms with Gasteiger partial charge in [0.1, 0.15) is 17.0 Å². The fraction of sp³-hybridized carbons (Fsp3) is 0.552. The average molecular weight is 498 g/mol. The number of aliphatic carboxylic acids is 1. The number of carboxylic acids is 1. The lowest BCUT2D eigenvalue weighted by molar-refractivity contribution is -0.144. The van der Waals surface area contributed by atoms with Gasteiger partial charge in [0.15, 0.2) is 0 Å². The Morgan fingerprint density at radius 3 is 2.17 bits per heavy atom. The second kappa shape index (κ2) is 11.5. The van der Waals surface area contributed by atoms with Crippen LogP contribution in [0, 0.1) is 6.92 Å². The zero-order valence-electron chi connectivity index (χ0n) is 21.9. The Morgan fingerprint density at radius 2 is 1.61 bits per heavy atom. The van der Waals surface area contributed by atoms with Crippen LogP contribution in [0.1, 0.15) is 62.5 Å². The summed E-state index contributed by atoms with van der Waals surface area (Å²) in [5.74, 6) is 0.695. The van der Waals surface area contributed by atoms with Crippen LogP contribution in [0.4, 0.5) is 5.69 Å². The first kappa shape index (κ1) is 26.3. The molecule has 7 heteroatoms. The Labute approximate surface area is 214 Å². The Kier molecular flexibility index (Phi) is 8.42. The van der Waals surface area contributed by atoms with Crippen LogP contribution in [0.25, 0.3) is 11.1 Å². The maximum atomic E-state index is 12.4. The van der Waals surface area contributed by atoms with E-state index in [1.807, 2.05) is 37.3 Å². The van der Waals surface area contributed by atoms with Crippen molar-refractivity contribution in [2.75, 3.05) is 26.6 Å². The molecule has 0 atom stereocenters. The second-order valence-electron chi connectivity index (χ2n) is 10.0. The van der Waals surface area contributed by atoms with Gasteiger partial charge in [0.2, 0.25) is 0 Å². The van der Waals surface area contributed by atoms with E-state index in [0.29, 0.717) is 32.3 Å². The zero-order chi connectivity index (χ0) is 25.7. The van der Waals surface area contributed by atoms with Crippen molar-refractivity contribution < 1.29 is 28.8 Å². The molecule has 4 rings (SSSR count). The molecule has 2 aliphatic rings. The molecule has 0 heterocycles. The van der Waals surface area contributed by atoms with Gasteiger partial charge in [0, 0.05) is 18.4 Å². The molecule has 2 aromatic carbocycles. The number of carbonyl (C=O) groups is 1. The summed E-state index contributed by atoms with van der Waals surface area (Å²) >= 11 is 0. The topological polar surface area (TPSA) is 86.3 Å². The monoisotopic (exact) mass is 497 g/mol. The maximum Gasteiger partial charge on any atom is 0.329 e. The minimum absolute atomic E-state index is 0.114. The Bertz CT molecular complexity index is 1030. The largest absolute Gasteiger partial charge is 0.496 e. The molecule has 0 aromatic heterocycles. The summed E-state index contributed by atoms with van der Waals surface area (Å²) in [6, 6.07) is 10.1. The maximum absolute atomic E-state index is 12.4. The van der Waals surface area contributed by atoms with Crippen LogP contribution in [0.15, 0.2) is 30.3 Å². The van der Waals surface area contributed by atoms with Gasteiger partial charge < -0.3 is 29.4 Å². The fourth-order valence-electron chi connectivity index (χ4n) is 5.57. The summed E-state index contributed by atoms with van der Waals surface area (Å²) in [4.78, 5) is 12.4. The molecule has 2 aliphatic carbocycles. The predicted molar refractivity (Wildman–Crippen MR) is 140 cm³/mol. The summed E-state index contributed by atoms with van der Waals surface area (Å²) in [7, 11) is 5.01. The molecule has 0 aliphatic heterocycles. The van der Waals surface area contributed by atoms with Gasteiger partial charge in [-0.15, -0.1) is 0 Å². The predicted octanol–water partition coefficient (Wildman–Crippen LogP) is 5.96. The molecule has 0 unspecified atom stereocenters. The summed E-state index contributed by atoms with van der Waals surface area (Å²) in [5, 5.41) is 13.5. The first-order chi connectivity index (χ1) is 17.4. The molecule has 0 saturated heterocycles. The number of rotatable bonds is 10. The zero-order valence-corrected chi connectivity index (χ0v) is 21.9. The van der Waals surface area contributed by atoms with Crippen molar-refractivity contribution in [3.05, 3.63) is 41.5 Å². The van der Waals surface area contributed by atoms with Crippen LogP contribution >= 0.6 is 0 Å². The second-order valence-corrected chi connectivity index (χ2v) is 10.0. The number of anilines is 1. The van der Waals surface area contributed by atoms with Gasteiger partial charge in [-0.25, -0.2) is 4.79 Å². The molecule has 7 nitrogen and oxygen atoms in total. The van der Waals surface area contributed by atoms with Crippen LogP contribution in [0.3, 0.4) is 0 Å². The number of benzene rings is 2. The van der Waals surface area contributed by atoms with Gasteiger partial charge in [-0.2, -0.15) is 0 Å².